The molecule has 5 nitrogen and oxygen atoms in total. The molecular weight excluding hydrogens is 286 g/mol. The molecule has 6 heteroatoms. The van der Waals surface area contributed by atoms with Crippen LogP contribution in [0, 0.1) is 0 Å². The summed E-state index contributed by atoms with van der Waals surface area (Å²) in [5, 5.41) is 8.51. The Morgan fingerprint density at radius 3 is 2.14 bits per heavy atom. The summed E-state index contributed by atoms with van der Waals surface area (Å²) in [7, 11) is -3.16. The van der Waals surface area contributed by atoms with Crippen LogP contribution in [0.5, 0.6) is 0 Å². The maximum absolute atomic E-state index is 11.4. The van der Waals surface area contributed by atoms with E-state index in [-0.39, 0.29) is 0 Å². The highest BCUT2D eigenvalue weighted by atomic mass is 32.2. The molecule has 2 aromatic rings. The van der Waals surface area contributed by atoms with Gasteiger partial charge in [-0.3, -0.25) is 0 Å². The molecule has 110 valence electrons. The summed E-state index contributed by atoms with van der Waals surface area (Å²) in [5.74, 6) is 0.906. The van der Waals surface area contributed by atoms with Crippen molar-refractivity contribution in [3.63, 3.8) is 0 Å². The monoisotopic (exact) mass is 303 g/mol. The van der Waals surface area contributed by atoms with Gasteiger partial charge in [0.2, 0.25) is 0 Å². The van der Waals surface area contributed by atoms with Crippen molar-refractivity contribution >= 4 is 15.7 Å². The highest BCUT2D eigenvalue weighted by Gasteiger charge is 2.14. The van der Waals surface area contributed by atoms with Gasteiger partial charge < -0.3 is 4.90 Å². The maximum Gasteiger partial charge on any atom is 0.175 e. The van der Waals surface area contributed by atoms with E-state index >= 15 is 0 Å². The van der Waals surface area contributed by atoms with Gasteiger partial charge in [-0.2, -0.15) is 0 Å². The smallest absolute Gasteiger partial charge is 0.175 e. The molecular formula is C15H17N3O2S. The number of nitrogens with zero attached hydrogens (tertiary/aromatic N) is 3. The molecule has 0 bridgehead atoms. The molecule has 3 rings (SSSR count). The van der Waals surface area contributed by atoms with E-state index in [4.69, 9.17) is 0 Å². The van der Waals surface area contributed by atoms with E-state index in [1.54, 1.807) is 24.3 Å². The second kappa shape index (κ2) is 5.44. The fraction of sp³-hybridized carbons (Fsp3) is 0.333. The van der Waals surface area contributed by atoms with Crippen LogP contribution >= 0.6 is 0 Å². The molecule has 2 heterocycles. The van der Waals surface area contributed by atoms with Crippen molar-refractivity contribution in [2.24, 2.45) is 0 Å². The Morgan fingerprint density at radius 1 is 0.952 bits per heavy atom. The Bertz CT molecular complexity index is 719. The Labute approximate surface area is 124 Å². The predicted octanol–water partition coefficient (Wildman–Crippen LogP) is 2.15. The fourth-order valence-electron chi connectivity index (χ4n) is 2.47. The summed E-state index contributed by atoms with van der Waals surface area (Å²) < 4.78 is 22.9. The van der Waals surface area contributed by atoms with Crippen LogP contribution in [-0.4, -0.2) is 38.0 Å². The predicted molar refractivity (Wildman–Crippen MR) is 82.0 cm³/mol. The first-order chi connectivity index (χ1) is 10.0. The van der Waals surface area contributed by atoms with Crippen LogP contribution in [-0.2, 0) is 9.84 Å². The van der Waals surface area contributed by atoms with Crippen molar-refractivity contribution in [3.05, 3.63) is 36.4 Å². The van der Waals surface area contributed by atoms with Gasteiger partial charge in [0.1, 0.15) is 0 Å². The zero-order valence-corrected chi connectivity index (χ0v) is 12.7. The molecule has 0 atom stereocenters. The van der Waals surface area contributed by atoms with E-state index in [1.807, 2.05) is 12.1 Å². The van der Waals surface area contributed by atoms with Crippen LogP contribution in [0.15, 0.2) is 41.3 Å². The maximum atomic E-state index is 11.4. The van der Waals surface area contributed by atoms with E-state index in [9.17, 15) is 8.42 Å². The number of aromatic nitrogens is 2. The first-order valence-corrected chi connectivity index (χ1v) is 8.82. The average molecular weight is 303 g/mol. The van der Waals surface area contributed by atoms with Crippen LogP contribution < -0.4 is 4.90 Å². The van der Waals surface area contributed by atoms with Crippen LogP contribution in [0.3, 0.4) is 0 Å². The van der Waals surface area contributed by atoms with Crippen molar-refractivity contribution in [3.8, 4) is 11.3 Å². The molecule has 1 aromatic carbocycles. The van der Waals surface area contributed by atoms with Crippen molar-refractivity contribution in [1.82, 2.24) is 10.2 Å². The summed E-state index contributed by atoms with van der Waals surface area (Å²) in [6.07, 6.45) is 3.61. The van der Waals surface area contributed by atoms with Gasteiger partial charge in [0.15, 0.2) is 15.7 Å². The number of hydrogen-bond acceptors (Lipinski definition) is 5. The van der Waals surface area contributed by atoms with E-state index in [0.29, 0.717) is 4.90 Å². The largest absolute Gasteiger partial charge is 0.355 e. The standard InChI is InChI=1S/C15H17N3O2S/c1-21(19,20)13-6-4-12(5-7-13)14-8-9-15(17-16-14)18-10-2-3-11-18/h4-9H,2-3,10-11H2,1H3. The third-order valence-corrected chi connectivity index (χ3v) is 4.79. The quantitative estimate of drug-likeness (QED) is 0.869. The van der Waals surface area contributed by atoms with E-state index in [1.165, 1.54) is 19.1 Å². The first kappa shape index (κ1) is 14.0. The minimum absolute atomic E-state index is 0.313. The van der Waals surface area contributed by atoms with Gasteiger partial charge in [0.05, 0.1) is 10.6 Å². The van der Waals surface area contributed by atoms with Crippen molar-refractivity contribution < 1.29 is 8.42 Å². The van der Waals surface area contributed by atoms with Gasteiger partial charge in [0, 0.05) is 24.9 Å². The number of benzene rings is 1. The van der Waals surface area contributed by atoms with Crippen LogP contribution in [0.1, 0.15) is 12.8 Å². The van der Waals surface area contributed by atoms with Crippen LogP contribution in [0.25, 0.3) is 11.3 Å². The number of sulfone groups is 1. The van der Waals surface area contributed by atoms with Crippen molar-refractivity contribution in [1.29, 1.82) is 0 Å². The molecule has 0 aliphatic carbocycles. The van der Waals surface area contributed by atoms with Gasteiger partial charge >= 0.3 is 0 Å². The Balaban J connectivity index is 1.83. The Morgan fingerprint density at radius 2 is 1.62 bits per heavy atom. The Hall–Kier alpha value is -1.95. The highest BCUT2D eigenvalue weighted by molar-refractivity contribution is 7.90. The zero-order chi connectivity index (χ0) is 14.9. The molecule has 1 aliphatic heterocycles. The van der Waals surface area contributed by atoms with Crippen molar-refractivity contribution in [2.45, 2.75) is 17.7 Å². The molecule has 1 aliphatic rings. The summed E-state index contributed by atoms with van der Waals surface area (Å²) in [5.41, 5.74) is 1.61. The molecule has 0 unspecified atom stereocenters. The van der Waals surface area contributed by atoms with Gasteiger partial charge in [-0.05, 0) is 37.1 Å². The van der Waals surface area contributed by atoms with Crippen LogP contribution in [0.2, 0.25) is 0 Å². The second-order valence-electron chi connectivity index (χ2n) is 5.27. The summed E-state index contributed by atoms with van der Waals surface area (Å²) in [6.45, 7) is 2.08. The molecule has 1 saturated heterocycles. The van der Waals surface area contributed by atoms with Crippen LogP contribution in [0.4, 0.5) is 5.82 Å². The molecule has 1 aromatic heterocycles. The molecule has 0 spiro atoms. The molecule has 1 fully saturated rings. The molecule has 21 heavy (non-hydrogen) atoms. The summed E-state index contributed by atoms with van der Waals surface area (Å²) >= 11 is 0. The first-order valence-electron chi connectivity index (χ1n) is 6.93. The third-order valence-electron chi connectivity index (χ3n) is 3.66. The second-order valence-corrected chi connectivity index (χ2v) is 7.28. The Kier molecular flexibility index (Phi) is 3.63. The number of hydrogen-bond donors (Lipinski definition) is 0. The minimum atomic E-state index is -3.16. The van der Waals surface area contributed by atoms with E-state index in [2.05, 4.69) is 15.1 Å². The van der Waals surface area contributed by atoms with Crippen molar-refractivity contribution in [2.75, 3.05) is 24.2 Å². The fourth-order valence-corrected chi connectivity index (χ4v) is 3.10. The van der Waals surface area contributed by atoms with E-state index < -0.39 is 9.84 Å². The average Bonchev–Trinajstić information content (AvgIpc) is 3.01. The van der Waals surface area contributed by atoms with Gasteiger partial charge in [-0.15, -0.1) is 10.2 Å². The molecule has 0 radical (unpaired) electrons. The van der Waals surface area contributed by atoms with Gasteiger partial charge in [-0.1, -0.05) is 12.1 Å². The number of anilines is 1. The molecule has 0 amide bonds. The lowest BCUT2D eigenvalue weighted by Gasteiger charge is -2.15. The van der Waals surface area contributed by atoms with Gasteiger partial charge in [-0.25, -0.2) is 8.42 Å². The minimum Gasteiger partial charge on any atom is -0.355 e. The molecule has 0 saturated carbocycles. The number of rotatable bonds is 3. The lowest BCUT2D eigenvalue weighted by atomic mass is 10.1. The summed E-state index contributed by atoms with van der Waals surface area (Å²) in [6, 6.07) is 10.6. The lowest BCUT2D eigenvalue weighted by molar-refractivity contribution is 0.602. The lowest BCUT2D eigenvalue weighted by Crippen LogP contribution is -2.19. The van der Waals surface area contributed by atoms with E-state index in [0.717, 1.165) is 30.2 Å². The third kappa shape index (κ3) is 3.05. The molecule has 0 N–H and O–H groups in total. The topological polar surface area (TPSA) is 63.2 Å². The van der Waals surface area contributed by atoms with Gasteiger partial charge in [0.25, 0.3) is 0 Å². The highest BCUT2D eigenvalue weighted by Crippen LogP contribution is 2.22. The zero-order valence-electron chi connectivity index (χ0n) is 11.9. The SMILES string of the molecule is CS(=O)(=O)c1ccc(-c2ccc(N3CCCC3)nn2)cc1. The normalized spacial score (nSPS) is 15.4. The summed E-state index contributed by atoms with van der Waals surface area (Å²) in [4.78, 5) is 2.54.